The number of morpholine rings is 1. The molecule has 2 heterocycles. The molecule has 1 saturated heterocycles. The first-order valence-electron chi connectivity index (χ1n) is 6.16. The highest BCUT2D eigenvalue weighted by Crippen LogP contribution is 2.10. The van der Waals surface area contributed by atoms with Gasteiger partial charge in [-0.3, -0.25) is 4.90 Å². The Bertz CT molecular complexity index is 352. The molecule has 0 bridgehead atoms. The van der Waals surface area contributed by atoms with Gasteiger partial charge in [0, 0.05) is 26.7 Å². The first kappa shape index (κ1) is 13.4. The van der Waals surface area contributed by atoms with Crippen LogP contribution in [-0.4, -0.2) is 61.6 Å². The molecule has 1 atom stereocenters. The monoisotopic (exact) mass is 256 g/mol. The molecular weight excluding hydrogens is 236 g/mol. The largest absolute Gasteiger partial charge is 0.384 e. The van der Waals surface area contributed by atoms with E-state index < -0.39 is 0 Å². The van der Waals surface area contributed by atoms with Crippen molar-refractivity contribution in [2.75, 3.05) is 46.6 Å². The van der Waals surface area contributed by atoms with E-state index in [2.05, 4.69) is 15.0 Å². The van der Waals surface area contributed by atoms with Crippen molar-refractivity contribution in [2.24, 2.45) is 5.73 Å². The Morgan fingerprint density at radius 1 is 1.44 bits per heavy atom. The fourth-order valence-electron chi connectivity index (χ4n) is 1.85. The Hall–Kier alpha value is -1.02. The molecule has 2 rings (SSSR count). The third kappa shape index (κ3) is 3.74. The number of aromatic nitrogens is 2. The molecule has 7 heteroatoms. The fourth-order valence-corrected chi connectivity index (χ4v) is 1.85. The van der Waals surface area contributed by atoms with E-state index >= 15 is 0 Å². The minimum atomic E-state index is -0.219. The van der Waals surface area contributed by atoms with Crippen LogP contribution in [-0.2, 0) is 15.9 Å². The third-order valence-electron chi connectivity index (χ3n) is 2.89. The van der Waals surface area contributed by atoms with E-state index in [1.165, 1.54) is 0 Å². The Morgan fingerprint density at radius 2 is 2.22 bits per heavy atom. The topological polar surface area (TPSA) is 86.6 Å². The van der Waals surface area contributed by atoms with Crippen LogP contribution in [0.3, 0.4) is 0 Å². The molecule has 0 saturated carbocycles. The van der Waals surface area contributed by atoms with Crippen LogP contribution in [0.4, 0.5) is 0 Å². The number of nitrogens with zero attached hydrogens (tertiary/aromatic N) is 3. The average Bonchev–Trinajstić information content (AvgIpc) is 2.86. The molecule has 0 aliphatic carbocycles. The Labute approximate surface area is 106 Å². The molecule has 0 aromatic carbocycles. The number of methoxy groups -OCH3 is 1. The van der Waals surface area contributed by atoms with E-state index in [9.17, 15) is 0 Å². The van der Waals surface area contributed by atoms with Gasteiger partial charge in [0.15, 0.2) is 5.82 Å². The van der Waals surface area contributed by atoms with E-state index in [1.54, 1.807) is 7.11 Å². The van der Waals surface area contributed by atoms with Gasteiger partial charge in [0.05, 0.1) is 32.3 Å². The summed E-state index contributed by atoms with van der Waals surface area (Å²) >= 11 is 0. The van der Waals surface area contributed by atoms with Gasteiger partial charge in [-0.05, 0) is 0 Å². The lowest BCUT2D eigenvalue weighted by atomic mass is 10.2. The molecule has 7 nitrogen and oxygen atoms in total. The molecule has 0 spiro atoms. The summed E-state index contributed by atoms with van der Waals surface area (Å²) in [6, 6.07) is -0.219. The summed E-state index contributed by atoms with van der Waals surface area (Å²) in [7, 11) is 1.64. The van der Waals surface area contributed by atoms with Gasteiger partial charge >= 0.3 is 0 Å². The van der Waals surface area contributed by atoms with Gasteiger partial charge in [-0.15, -0.1) is 0 Å². The van der Waals surface area contributed by atoms with Crippen LogP contribution in [0.1, 0.15) is 17.8 Å². The number of rotatable bonds is 6. The van der Waals surface area contributed by atoms with Crippen LogP contribution in [0.5, 0.6) is 0 Å². The third-order valence-corrected chi connectivity index (χ3v) is 2.89. The zero-order chi connectivity index (χ0) is 12.8. The molecule has 1 fully saturated rings. The van der Waals surface area contributed by atoms with E-state index in [0.717, 1.165) is 32.8 Å². The summed E-state index contributed by atoms with van der Waals surface area (Å²) in [6.07, 6.45) is 0.619. The first-order valence-corrected chi connectivity index (χ1v) is 6.16. The summed E-state index contributed by atoms with van der Waals surface area (Å²) in [5, 5.41) is 3.91. The number of hydrogen-bond acceptors (Lipinski definition) is 7. The molecule has 1 aliphatic heterocycles. The molecule has 18 heavy (non-hydrogen) atoms. The molecule has 1 unspecified atom stereocenters. The summed E-state index contributed by atoms with van der Waals surface area (Å²) in [5.41, 5.74) is 6.07. The lowest BCUT2D eigenvalue weighted by molar-refractivity contribution is 0.0348. The normalized spacial score (nSPS) is 19.0. The second-order valence-electron chi connectivity index (χ2n) is 4.31. The Kier molecular flexibility index (Phi) is 5.06. The molecular formula is C11H20N4O3. The number of ether oxygens (including phenoxy) is 2. The van der Waals surface area contributed by atoms with Crippen LogP contribution in [0.15, 0.2) is 4.52 Å². The van der Waals surface area contributed by atoms with Crippen LogP contribution in [0.25, 0.3) is 0 Å². The van der Waals surface area contributed by atoms with Crippen LogP contribution >= 0.6 is 0 Å². The zero-order valence-corrected chi connectivity index (χ0v) is 10.7. The lowest BCUT2D eigenvalue weighted by Gasteiger charge is -2.27. The quantitative estimate of drug-likeness (QED) is 0.740. The number of hydrogen-bond donors (Lipinski definition) is 1. The van der Waals surface area contributed by atoms with Crippen molar-refractivity contribution in [2.45, 2.75) is 12.5 Å². The highest BCUT2D eigenvalue weighted by atomic mass is 16.5. The maximum absolute atomic E-state index is 6.07. The molecule has 1 aromatic rings. The predicted molar refractivity (Wildman–Crippen MR) is 64.1 cm³/mol. The van der Waals surface area contributed by atoms with Crippen molar-refractivity contribution in [1.29, 1.82) is 0 Å². The number of nitrogens with two attached hydrogens (primary N) is 1. The van der Waals surface area contributed by atoms with Gasteiger partial charge in [0.1, 0.15) is 0 Å². The summed E-state index contributed by atoms with van der Waals surface area (Å²) < 4.78 is 15.4. The van der Waals surface area contributed by atoms with Gasteiger partial charge in [-0.25, -0.2) is 0 Å². The first-order chi connectivity index (χ1) is 8.79. The Morgan fingerprint density at radius 3 is 2.94 bits per heavy atom. The van der Waals surface area contributed by atoms with Crippen LogP contribution in [0.2, 0.25) is 0 Å². The fraction of sp³-hybridized carbons (Fsp3) is 0.818. The van der Waals surface area contributed by atoms with Gasteiger partial charge in [-0.2, -0.15) is 4.98 Å². The molecule has 1 aromatic heterocycles. The van der Waals surface area contributed by atoms with Crippen LogP contribution in [0, 0.1) is 0 Å². The van der Waals surface area contributed by atoms with Gasteiger partial charge < -0.3 is 19.7 Å². The summed E-state index contributed by atoms with van der Waals surface area (Å²) in [5.74, 6) is 1.14. The molecule has 2 N–H and O–H groups in total. The second kappa shape index (κ2) is 6.79. The van der Waals surface area contributed by atoms with E-state index in [4.69, 9.17) is 19.7 Å². The molecule has 1 aliphatic rings. The van der Waals surface area contributed by atoms with Crippen molar-refractivity contribution in [3.05, 3.63) is 11.7 Å². The van der Waals surface area contributed by atoms with Crippen molar-refractivity contribution in [3.63, 3.8) is 0 Å². The maximum atomic E-state index is 6.07. The lowest BCUT2D eigenvalue weighted by Crippen LogP contribution is -2.40. The molecule has 0 amide bonds. The molecule has 102 valence electrons. The van der Waals surface area contributed by atoms with Gasteiger partial charge in [0.2, 0.25) is 5.89 Å². The van der Waals surface area contributed by atoms with E-state index in [1.807, 2.05) is 0 Å². The minimum Gasteiger partial charge on any atom is -0.384 e. The van der Waals surface area contributed by atoms with Crippen molar-refractivity contribution in [1.82, 2.24) is 15.0 Å². The van der Waals surface area contributed by atoms with E-state index in [-0.39, 0.29) is 6.04 Å². The zero-order valence-electron chi connectivity index (χ0n) is 10.7. The van der Waals surface area contributed by atoms with Gasteiger partial charge in [0.25, 0.3) is 0 Å². The maximum Gasteiger partial charge on any atom is 0.229 e. The molecule has 0 radical (unpaired) electrons. The van der Waals surface area contributed by atoms with Crippen molar-refractivity contribution in [3.8, 4) is 0 Å². The van der Waals surface area contributed by atoms with Crippen molar-refractivity contribution >= 4 is 0 Å². The summed E-state index contributed by atoms with van der Waals surface area (Å²) in [6.45, 7) is 4.63. The standard InChI is InChI=1S/C11H20N4O3/c1-16-5-2-10-13-11(14-18-10)9(12)8-15-3-6-17-7-4-15/h9H,2-8,12H2,1H3. The van der Waals surface area contributed by atoms with E-state index in [0.29, 0.717) is 24.7 Å². The smallest absolute Gasteiger partial charge is 0.229 e. The highest BCUT2D eigenvalue weighted by Gasteiger charge is 2.19. The summed E-state index contributed by atoms with van der Waals surface area (Å²) in [4.78, 5) is 6.52. The van der Waals surface area contributed by atoms with Gasteiger partial charge in [-0.1, -0.05) is 5.16 Å². The average molecular weight is 256 g/mol. The van der Waals surface area contributed by atoms with Crippen LogP contribution < -0.4 is 5.73 Å². The highest BCUT2D eigenvalue weighted by molar-refractivity contribution is 4.94. The minimum absolute atomic E-state index is 0.219. The SMILES string of the molecule is COCCc1nc(C(N)CN2CCOCC2)no1. The predicted octanol–water partition coefficient (Wildman–Crippen LogP) is -0.409. The van der Waals surface area contributed by atoms with Crippen molar-refractivity contribution < 1.29 is 14.0 Å². The Balaban J connectivity index is 1.83. The second-order valence-corrected chi connectivity index (χ2v) is 4.31.